The summed E-state index contributed by atoms with van der Waals surface area (Å²) in [6.45, 7) is 0. The maximum absolute atomic E-state index is 11.7. The number of aromatic nitrogens is 1. The largest absolute Gasteiger partial charge is 0.365 e. The lowest BCUT2D eigenvalue weighted by Gasteiger charge is -2.24. The van der Waals surface area contributed by atoms with E-state index >= 15 is 0 Å². The summed E-state index contributed by atoms with van der Waals surface area (Å²) in [5.74, 6) is 0.958. The van der Waals surface area contributed by atoms with Crippen LogP contribution in [0.25, 0.3) is 0 Å². The third-order valence-corrected chi connectivity index (χ3v) is 5.80. The number of sulfone groups is 1. The Labute approximate surface area is 118 Å². The van der Waals surface area contributed by atoms with Crippen molar-refractivity contribution in [3.63, 3.8) is 0 Å². The smallest absolute Gasteiger partial charge is 0.152 e. The topological polar surface area (TPSA) is 82.8 Å². The molecule has 1 unspecified atom stereocenters. The van der Waals surface area contributed by atoms with Crippen LogP contribution in [0.15, 0.2) is 6.07 Å². The van der Waals surface area contributed by atoms with Crippen LogP contribution in [0.3, 0.4) is 0 Å². The van der Waals surface area contributed by atoms with Crippen LogP contribution in [0, 0.1) is 11.3 Å². The Morgan fingerprint density at radius 2 is 2.20 bits per heavy atom. The predicted octanol–water partition coefficient (Wildman–Crippen LogP) is 1.43. The number of anilines is 1. The molecule has 20 heavy (non-hydrogen) atoms. The normalized spacial score (nSPS) is 23.9. The summed E-state index contributed by atoms with van der Waals surface area (Å²) < 4.78 is 23.3. The number of aryl methyl sites for hydroxylation is 2. The molecule has 106 valence electrons. The second-order valence-corrected chi connectivity index (χ2v) is 7.78. The number of nitrogens with zero attached hydrogens (tertiary/aromatic N) is 2. The molecular weight excluding hydrogens is 274 g/mol. The van der Waals surface area contributed by atoms with Gasteiger partial charge in [-0.2, -0.15) is 5.26 Å². The number of nitrogens with one attached hydrogen (secondary N) is 1. The van der Waals surface area contributed by atoms with Crippen molar-refractivity contribution in [2.24, 2.45) is 0 Å². The Kier molecular flexibility index (Phi) is 3.38. The van der Waals surface area contributed by atoms with Crippen LogP contribution in [0.5, 0.6) is 0 Å². The van der Waals surface area contributed by atoms with E-state index in [0.717, 1.165) is 36.9 Å². The van der Waals surface area contributed by atoms with Crippen LogP contribution in [0.4, 0.5) is 5.82 Å². The van der Waals surface area contributed by atoms with Gasteiger partial charge in [0.2, 0.25) is 0 Å². The summed E-state index contributed by atoms with van der Waals surface area (Å²) in [4.78, 5) is 4.54. The minimum Gasteiger partial charge on any atom is -0.365 e. The SMILES string of the molecule is N#Cc1cc2c(nc1NC1CCCS(=O)(=O)C1)CCC2. The molecule has 1 aromatic rings. The fourth-order valence-corrected chi connectivity index (χ4v) is 4.63. The number of rotatable bonds is 2. The molecule has 0 amide bonds. The van der Waals surface area contributed by atoms with Crippen molar-refractivity contribution in [1.82, 2.24) is 4.98 Å². The van der Waals surface area contributed by atoms with E-state index in [9.17, 15) is 13.7 Å². The van der Waals surface area contributed by atoms with Gasteiger partial charge in [0, 0.05) is 11.7 Å². The summed E-state index contributed by atoms with van der Waals surface area (Å²) in [6, 6.07) is 3.93. The molecule has 6 heteroatoms. The highest BCUT2D eigenvalue weighted by molar-refractivity contribution is 7.91. The van der Waals surface area contributed by atoms with E-state index in [1.165, 1.54) is 0 Å². The third-order valence-electron chi connectivity index (χ3n) is 3.98. The quantitative estimate of drug-likeness (QED) is 0.891. The fraction of sp³-hybridized carbons (Fsp3) is 0.571. The molecule has 3 rings (SSSR count). The molecule has 5 nitrogen and oxygen atoms in total. The minimum atomic E-state index is -2.96. The van der Waals surface area contributed by atoms with Crippen molar-refractivity contribution in [1.29, 1.82) is 5.26 Å². The molecule has 1 N–H and O–H groups in total. The summed E-state index contributed by atoms with van der Waals surface area (Å²) in [6.07, 6.45) is 4.48. The lowest BCUT2D eigenvalue weighted by molar-refractivity contribution is 0.561. The standard InChI is InChI=1S/C14H17N3O2S/c15-8-11-7-10-3-1-5-13(10)17-14(11)16-12-4-2-6-20(18,19)9-12/h7,12H,1-6,9H2,(H,16,17). The van der Waals surface area contributed by atoms with Crippen molar-refractivity contribution in [2.45, 2.75) is 38.1 Å². The average molecular weight is 291 g/mol. The number of pyridine rings is 1. The number of nitriles is 1. The van der Waals surface area contributed by atoms with E-state index in [0.29, 0.717) is 17.8 Å². The molecule has 1 atom stereocenters. The van der Waals surface area contributed by atoms with E-state index in [1.807, 2.05) is 6.07 Å². The Bertz CT molecular complexity index is 676. The van der Waals surface area contributed by atoms with Crippen molar-refractivity contribution >= 4 is 15.7 Å². The maximum atomic E-state index is 11.7. The molecule has 2 aliphatic rings. The Morgan fingerprint density at radius 1 is 1.35 bits per heavy atom. The number of hydrogen-bond acceptors (Lipinski definition) is 5. The molecule has 0 radical (unpaired) electrons. The molecule has 1 aliphatic carbocycles. The first kappa shape index (κ1) is 13.4. The van der Waals surface area contributed by atoms with E-state index in [2.05, 4.69) is 16.4 Å². The second-order valence-electron chi connectivity index (χ2n) is 5.55. The van der Waals surface area contributed by atoms with Crippen LogP contribution >= 0.6 is 0 Å². The van der Waals surface area contributed by atoms with Crippen molar-refractivity contribution in [3.05, 3.63) is 22.9 Å². The van der Waals surface area contributed by atoms with Gasteiger partial charge in [-0.25, -0.2) is 13.4 Å². The lowest BCUT2D eigenvalue weighted by Crippen LogP contribution is -2.35. The van der Waals surface area contributed by atoms with E-state index in [4.69, 9.17) is 0 Å². The van der Waals surface area contributed by atoms with Crippen molar-refractivity contribution in [2.75, 3.05) is 16.8 Å². The van der Waals surface area contributed by atoms with Crippen LogP contribution in [-0.4, -0.2) is 30.9 Å². The van der Waals surface area contributed by atoms with Gasteiger partial charge < -0.3 is 5.32 Å². The first-order valence-corrected chi connectivity index (χ1v) is 8.79. The summed E-state index contributed by atoms with van der Waals surface area (Å²) >= 11 is 0. The molecule has 2 heterocycles. The summed E-state index contributed by atoms with van der Waals surface area (Å²) in [5, 5.41) is 12.4. The predicted molar refractivity (Wildman–Crippen MR) is 76.3 cm³/mol. The Hall–Kier alpha value is -1.61. The van der Waals surface area contributed by atoms with Gasteiger partial charge in [0.05, 0.1) is 17.1 Å². The van der Waals surface area contributed by atoms with Crippen molar-refractivity contribution < 1.29 is 8.42 Å². The highest BCUT2D eigenvalue weighted by atomic mass is 32.2. The number of hydrogen-bond donors (Lipinski definition) is 1. The Morgan fingerprint density at radius 3 is 2.95 bits per heavy atom. The van der Waals surface area contributed by atoms with Gasteiger partial charge in [0.1, 0.15) is 11.9 Å². The summed E-state index contributed by atoms with van der Waals surface area (Å²) in [5.41, 5.74) is 2.72. The van der Waals surface area contributed by atoms with Gasteiger partial charge in [-0.15, -0.1) is 0 Å². The highest BCUT2D eigenvalue weighted by Gasteiger charge is 2.26. The molecule has 1 saturated heterocycles. The highest BCUT2D eigenvalue weighted by Crippen LogP contribution is 2.26. The second kappa shape index (κ2) is 5.06. The maximum Gasteiger partial charge on any atom is 0.152 e. The fourth-order valence-electron chi connectivity index (χ4n) is 3.00. The van der Waals surface area contributed by atoms with Crippen molar-refractivity contribution in [3.8, 4) is 6.07 Å². The molecule has 0 spiro atoms. The van der Waals surface area contributed by atoms with Crippen LogP contribution in [0.1, 0.15) is 36.1 Å². The zero-order valence-electron chi connectivity index (χ0n) is 11.2. The lowest BCUT2D eigenvalue weighted by atomic mass is 10.1. The van der Waals surface area contributed by atoms with Gasteiger partial charge in [-0.05, 0) is 43.7 Å². The van der Waals surface area contributed by atoms with Gasteiger partial charge >= 0.3 is 0 Å². The van der Waals surface area contributed by atoms with Gasteiger partial charge in [0.15, 0.2) is 9.84 Å². The molecule has 0 bridgehead atoms. The third kappa shape index (κ3) is 2.63. The van der Waals surface area contributed by atoms with Crippen LogP contribution < -0.4 is 5.32 Å². The summed E-state index contributed by atoms with van der Waals surface area (Å²) in [7, 11) is -2.96. The molecular formula is C14H17N3O2S. The monoisotopic (exact) mass is 291 g/mol. The minimum absolute atomic E-state index is 0.132. The van der Waals surface area contributed by atoms with E-state index in [-0.39, 0.29) is 17.5 Å². The van der Waals surface area contributed by atoms with E-state index < -0.39 is 9.84 Å². The molecule has 1 aromatic heterocycles. The molecule has 0 saturated carbocycles. The first-order valence-electron chi connectivity index (χ1n) is 6.97. The zero-order valence-corrected chi connectivity index (χ0v) is 12.0. The van der Waals surface area contributed by atoms with Gasteiger partial charge in [-0.1, -0.05) is 0 Å². The number of fused-ring (bicyclic) bond motifs is 1. The first-order chi connectivity index (χ1) is 9.57. The van der Waals surface area contributed by atoms with Gasteiger partial charge in [-0.3, -0.25) is 0 Å². The van der Waals surface area contributed by atoms with Gasteiger partial charge in [0.25, 0.3) is 0 Å². The zero-order chi connectivity index (χ0) is 14.2. The average Bonchev–Trinajstić information content (AvgIpc) is 2.83. The van der Waals surface area contributed by atoms with Crippen LogP contribution in [0.2, 0.25) is 0 Å². The molecule has 1 aliphatic heterocycles. The Balaban J connectivity index is 1.85. The molecule has 0 aromatic carbocycles. The van der Waals surface area contributed by atoms with Crippen LogP contribution in [-0.2, 0) is 22.7 Å². The molecule has 1 fully saturated rings. The van der Waals surface area contributed by atoms with E-state index in [1.54, 1.807) is 0 Å².